The van der Waals surface area contributed by atoms with Crippen LogP contribution in [-0.2, 0) is 9.53 Å². The summed E-state index contributed by atoms with van der Waals surface area (Å²) in [5, 5.41) is 15.8. The Labute approximate surface area is 127 Å². The minimum absolute atomic E-state index is 0.0358. The van der Waals surface area contributed by atoms with E-state index in [4.69, 9.17) is 21.6 Å². The molecule has 21 heavy (non-hydrogen) atoms. The molecule has 1 aromatic rings. The van der Waals surface area contributed by atoms with Gasteiger partial charge in [-0.05, 0) is 18.6 Å². The predicted octanol–water partition coefficient (Wildman–Crippen LogP) is 1.90. The van der Waals surface area contributed by atoms with Gasteiger partial charge in [0.15, 0.2) is 5.78 Å². The minimum atomic E-state index is -0.251. The maximum absolute atomic E-state index is 11.5. The Morgan fingerprint density at radius 3 is 2.95 bits per heavy atom. The highest BCUT2D eigenvalue weighted by molar-refractivity contribution is 6.33. The average molecular weight is 304 g/mol. The summed E-state index contributed by atoms with van der Waals surface area (Å²) in [6, 6.07) is 5.56. The largest absolute Gasteiger partial charge is 0.373 e. The van der Waals surface area contributed by atoms with Crippen LogP contribution in [0.2, 0.25) is 5.02 Å². The van der Waals surface area contributed by atoms with Gasteiger partial charge in [0.05, 0.1) is 28.9 Å². The summed E-state index contributed by atoms with van der Waals surface area (Å²) < 4.78 is 5.56. The molecule has 3 rings (SSSR count). The van der Waals surface area contributed by atoms with Crippen molar-refractivity contribution < 1.29 is 9.53 Å². The normalized spacial score (nSPS) is 24.0. The Bertz CT molecular complexity index is 693. The molecule has 0 unspecified atom stereocenters. The molecular formula is C15H14ClN3O2. The highest BCUT2D eigenvalue weighted by Gasteiger charge is 2.44. The number of ketones is 1. The molecule has 0 saturated carbocycles. The molecule has 6 heteroatoms. The van der Waals surface area contributed by atoms with Crippen LogP contribution in [0, 0.1) is 18.3 Å². The Balaban J connectivity index is 2.05. The zero-order valence-electron chi connectivity index (χ0n) is 11.8. The standard InChI is InChI=1S/C15H14ClN3O2/c1-8-11(4-3-9(6-17)13(8)16)14-15(21-2)12-5-10(20)7-19(12)18-14/h3-4,12,15H,5,7H2,1-2H3/t12-,15-/m0/s1. The van der Waals surface area contributed by atoms with Gasteiger partial charge in [-0.2, -0.15) is 10.4 Å². The number of hydrogen-bond donors (Lipinski definition) is 0. The van der Waals surface area contributed by atoms with Crippen molar-refractivity contribution in [1.29, 1.82) is 5.26 Å². The summed E-state index contributed by atoms with van der Waals surface area (Å²) in [5.41, 5.74) is 2.90. The van der Waals surface area contributed by atoms with Gasteiger partial charge in [0.1, 0.15) is 12.2 Å². The molecule has 0 bridgehead atoms. The molecule has 0 spiro atoms. The number of hydrogen-bond acceptors (Lipinski definition) is 5. The number of nitriles is 1. The molecule has 2 aliphatic heterocycles. The molecule has 2 heterocycles. The van der Waals surface area contributed by atoms with Crippen LogP contribution in [-0.4, -0.2) is 42.3 Å². The zero-order valence-corrected chi connectivity index (χ0v) is 12.5. The summed E-state index contributed by atoms with van der Waals surface area (Å²) in [4.78, 5) is 11.5. The van der Waals surface area contributed by atoms with Crippen molar-refractivity contribution in [2.24, 2.45) is 5.10 Å². The first-order chi connectivity index (χ1) is 10.1. The van der Waals surface area contributed by atoms with Crippen LogP contribution < -0.4 is 0 Å². The molecule has 5 nitrogen and oxygen atoms in total. The van der Waals surface area contributed by atoms with E-state index in [0.717, 1.165) is 16.8 Å². The Hall–Kier alpha value is -1.90. The molecule has 1 fully saturated rings. The number of hydrazone groups is 1. The number of halogens is 1. The minimum Gasteiger partial charge on any atom is -0.373 e. The number of fused-ring (bicyclic) bond motifs is 1. The van der Waals surface area contributed by atoms with E-state index in [0.29, 0.717) is 23.6 Å². The van der Waals surface area contributed by atoms with Crippen molar-refractivity contribution in [3.8, 4) is 6.07 Å². The van der Waals surface area contributed by atoms with Crippen LogP contribution in [0.15, 0.2) is 17.2 Å². The predicted molar refractivity (Wildman–Crippen MR) is 78.4 cm³/mol. The fourth-order valence-corrected chi connectivity index (χ4v) is 3.18. The molecular weight excluding hydrogens is 290 g/mol. The van der Waals surface area contributed by atoms with E-state index >= 15 is 0 Å². The zero-order chi connectivity index (χ0) is 15.1. The highest BCUT2D eigenvalue weighted by Crippen LogP contribution is 2.32. The average Bonchev–Trinajstić information content (AvgIpc) is 2.97. The molecule has 2 aliphatic rings. The van der Waals surface area contributed by atoms with Crippen LogP contribution in [0.3, 0.4) is 0 Å². The molecule has 0 aliphatic carbocycles. The van der Waals surface area contributed by atoms with Crippen molar-refractivity contribution >= 4 is 23.1 Å². The van der Waals surface area contributed by atoms with Crippen molar-refractivity contribution in [2.75, 3.05) is 13.7 Å². The van der Waals surface area contributed by atoms with Crippen LogP contribution in [0.1, 0.15) is 23.1 Å². The second-order valence-corrected chi connectivity index (χ2v) is 5.64. The second kappa shape index (κ2) is 5.14. The maximum Gasteiger partial charge on any atom is 0.156 e. The summed E-state index contributed by atoms with van der Waals surface area (Å²) in [6.07, 6.45) is 0.202. The van der Waals surface area contributed by atoms with E-state index in [2.05, 4.69) is 11.2 Å². The molecule has 0 N–H and O–H groups in total. The van der Waals surface area contributed by atoms with Crippen LogP contribution in [0.25, 0.3) is 0 Å². The second-order valence-electron chi connectivity index (χ2n) is 5.26. The lowest BCUT2D eigenvalue weighted by molar-refractivity contribution is -0.117. The number of rotatable bonds is 2. The van der Waals surface area contributed by atoms with Crippen molar-refractivity contribution in [3.05, 3.63) is 33.8 Å². The van der Waals surface area contributed by atoms with Crippen LogP contribution >= 0.6 is 11.6 Å². The van der Waals surface area contributed by atoms with Gasteiger partial charge in [-0.25, -0.2) is 0 Å². The Morgan fingerprint density at radius 1 is 1.52 bits per heavy atom. The van der Waals surface area contributed by atoms with Gasteiger partial charge in [-0.1, -0.05) is 17.7 Å². The molecule has 0 aromatic heterocycles. The molecule has 2 atom stereocenters. The molecule has 0 radical (unpaired) electrons. The van der Waals surface area contributed by atoms with E-state index in [1.54, 1.807) is 18.2 Å². The monoisotopic (exact) mass is 303 g/mol. The number of carbonyl (C=O) groups excluding carboxylic acids is 1. The summed E-state index contributed by atoms with van der Waals surface area (Å²) >= 11 is 6.23. The first-order valence-corrected chi connectivity index (χ1v) is 7.03. The number of benzene rings is 1. The van der Waals surface area contributed by atoms with Crippen LogP contribution in [0.5, 0.6) is 0 Å². The smallest absolute Gasteiger partial charge is 0.156 e. The fourth-order valence-electron chi connectivity index (χ4n) is 2.98. The Kier molecular flexibility index (Phi) is 3.44. The first-order valence-electron chi connectivity index (χ1n) is 6.66. The molecule has 1 aromatic carbocycles. The van der Waals surface area contributed by atoms with Crippen molar-refractivity contribution in [1.82, 2.24) is 5.01 Å². The van der Waals surface area contributed by atoms with E-state index < -0.39 is 0 Å². The maximum atomic E-state index is 11.5. The van der Waals surface area contributed by atoms with Gasteiger partial charge in [-0.3, -0.25) is 9.80 Å². The SMILES string of the molecule is CO[C@@H]1C(c2ccc(C#N)c(Cl)c2C)=NN2CC(=O)C[C@@H]12. The van der Waals surface area contributed by atoms with Gasteiger partial charge < -0.3 is 4.74 Å². The van der Waals surface area contributed by atoms with E-state index in [9.17, 15) is 4.79 Å². The lowest BCUT2D eigenvalue weighted by Gasteiger charge is -2.19. The number of methoxy groups -OCH3 is 1. The van der Waals surface area contributed by atoms with E-state index in [1.165, 1.54) is 0 Å². The summed E-state index contributed by atoms with van der Waals surface area (Å²) in [7, 11) is 1.62. The number of Topliss-reactive ketones (excluding diaryl/α,β-unsaturated/α-hetero) is 1. The number of ether oxygens (including phenoxy) is 1. The topological polar surface area (TPSA) is 65.7 Å². The summed E-state index contributed by atoms with van der Waals surface area (Å²) in [6.45, 7) is 2.19. The number of carbonyl (C=O) groups is 1. The van der Waals surface area contributed by atoms with Gasteiger partial charge in [-0.15, -0.1) is 0 Å². The summed E-state index contributed by atoms with van der Waals surface area (Å²) in [5.74, 6) is 0.180. The fraction of sp³-hybridized carbons (Fsp3) is 0.400. The van der Waals surface area contributed by atoms with Gasteiger partial charge >= 0.3 is 0 Å². The quantitative estimate of drug-likeness (QED) is 0.837. The third kappa shape index (κ3) is 2.11. The van der Waals surface area contributed by atoms with E-state index in [-0.39, 0.29) is 17.9 Å². The van der Waals surface area contributed by atoms with Crippen LogP contribution in [0.4, 0.5) is 0 Å². The van der Waals surface area contributed by atoms with Gasteiger partial charge in [0.25, 0.3) is 0 Å². The lowest BCUT2D eigenvalue weighted by atomic mass is 9.95. The van der Waals surface area contributed by atoms with Crippen molar-refractivity contribution in [3.63, 3.8) is 0 Å². The van der Waals surface area contributed by atoms with Crippen molar-refractivity contribution in [2.45, 2.75) is 25.5 Å². The molecule has 0 amide bonds. The Morgan fingerprint density at radius 2 is 2.29 bits per heavy atom. The number of nitrogens with zero attached hydrogens (tertiary/aromatic N) is 3. The first kappa shape index (κ1) is 14.1. The highest BCUT2D eigenvalue weighted by atomic mass is 35.5. The van der Waals surface area contributed by atoms with Gasteiger partial charge in [0, 0.05) is 19.1 Å². The molecule has 1 saturated heterocycles. The third-order valence-electron chi connectivity index (χ3n) is 4.05. The molecule has 108 valence electrons. The lowest BCUT2D eigenvalue weighted by Crippen LogP contribution is -2.35. The third-order valence-corrected chi connectivity index (χ3v) is 4.54. The van der Waals surface area contributed by atoms with Gasteiger partial charge in [0.2, 0.25) is 0 Å². The van der Waals surface area contributed by atoms with E-state index in [1.807, 2.05) is 13.0 Å².